The van der Waals surface area contributed by atoms with E-state index in [0.717, 1.165) is 17.8 Å². The number of hydrogen-bond donors (Lipinski definition) is 1. The number of hydrogen-bond acceptors (Lipinski definition) is 2. The third-order valence-electron chi connectivity index (χ3n) is 4.37. The molecule has 1 saturated carbocycles. The third kappa shape index (κ3) is 1.99. The van der Waals surface area contributed by atoms with E-state index in [2.05, 4.69) is 22.4 Å². The first-order valence-corrected chi connectivity index (χ1v) is 6.53. The number of pyridine rings is 1. The van der Waals surface area contributed by atoms with E-state index in [1.807, 2.05) is 12.4 Å². The molecule has 2 fully saturated rings. The van der Waals surface area contributed by atoms with Gasteiger partial charge in [0, 0.05) is 12.4 Å². The lowest BCUT2D eigenvalue weighted by atomic mass is 9.72. The molecule has 3 rings (SSSR count). The molecular formula is C14H20N2. The van der Waals surface area contributed by atoms with Crippen molar-refractivity contribution in [2.24, 2.45) is 17.8 Å². The molecule has 0 bridgehead atoms. The molecule has 1 aliphatic carbocycles. The molecule has 1 aliphatic heterocycles. The van der Waals surface area contributed by atoms with Crippen LogP contribution in [-0.4, -0.2) is 18.1 Å². The predicted octanol–water partition coefficient (Wildman–Crippen LogP) is 2.26. The molecule has 1 aromatic rings. The summed E-state index contributed by atoms with van der Waals surface area (Å²) in [6.07, 6.45) is 9.42. The van der Waals surface area contributed by atoms with Crippen molar-refractivity contribution < 1.29 is 0 Å². The molecule has 2 nitrogen and oxygen atoms in total. The maximum Gasteiger partial charge on any atom is 0.0299 e. The van der Waals surface area contributed by atoms with Crippen LogP contribution in [0.25, 0.3) is 0 Å². The van der Waals surface area contributed by atoms with Gasteiger partial charge in [0.2, 0.25) is 0 Å². The molecule has 1 saturated heterocycles. The van der Waals surface area contributed by atoms with E-state index in [1.54, 1.807) is 0 Å². The molecule has 2 aliphatic rings. The summed E-state index contributed by atoms with van der Waals surface area (Å²) in [4.78, 5) is 4.22. The van der Waals surface area contributed by atoms with Crippen LogP contribution in [0.3, 0.4) is 0 Å². The standard InChI is InChI=1S/C14H20N2/c1-4-12(7-11-3-2-6-15-8-11)14-10-16-9-13(14)5-1/h2-3,6,8,12-14,16H,1,4-5,7,9-10H2. The van der Waals surface area contributed by atoms with Gasteiger partial charge in [-0.3, -0.25) is 4.98 Å². The fraction of sp³-hybridized carbons (Fsp3) is 0.643. The van der Waals surface area contributed by atoms with Crippen molar-refractivity contribution in [1.82, 2.24) is 10.3 Å². The van der Waals surface area contributed by atoms with Crippen molar-refractivity contribution in [2.75, 3.05) is 13.1 Å². The second-order valence-corrected chi connectivity index (χ2v) is 5.34. The van der Waals surface area contributed by atoms with Gasteiger partial charge in [-0.1, -0.05) is 12.5 Å². The van der Waals surface area contributed by atoms with Crippen LogP contribution in [0.15, 0.2) is 24.5 Å². The average molecular weight is 216 g/mol. The quantitative estimate of drug-likeness (QED) is 0.820. The zero-order valence-corrected chi connectivity index (χ0v) is 9.73. The summed E-state index contributed by atoms with van der Waals surface area (Å²) in [7, 11) is 0. The number of rotatable bonds is 2. The topological polar surface area (TPSA) is 24.9 Å². The van der Waals surface area contributed by atoms with Gasteiger partial charge in [-0.2, -0.15) is 0 Å². The van der Waals surface area contributed by atoms with Crippen LogP contribution < -0.4 is 5.32 Å². The average Bonchev–Trinajstić information content (AvgIpc) is 2.80. The van der Waals surface area contributed by atoms with Crippen LogP contribution in [0.4, 0.5) is 0 Å². The molecule has 16 heavy (non-hydrogen) atoms. The monoisotopic (exact) mass is 216 g/mol. The molecular weight excluding hydrogens is 196 g/mol. The molecule has 2 heteroatoms. The van der Waals surface area contributed by atoms with Crippen LogP contribution in [0.5, 0.6) is 0 Å². The smallest absolute Gasteiger partial charge is 0.0299 e. The third-order valence-corrected chi connectivity index (χ3v) is 4.37. The Morgan fingerprint density at radius 2 is 2.31 bits per heavy atom. The minimum absolute atomic E-state index is 0.887. The first-order valence-electron chi connectivity index (χ1n) is 6.53. The highest BCUT2D eigenvalue weighted by Gasteiger charge is 2.36. The Kier molecular flexibility index (Phi) is 2.92. The molecule has 0 aromatic carbocycles. The molecule has 3 unspecified atom stereocenters. The van der Waals surface area contributed by atoms with Gasteiger partial charge in [-0.25, -0.2) is 0 Å². The normalized spacial score (nSPS) is 33.6. The molecule has 86 valence electrons. The minimum Gasteiger partial charge on any atom is -0.316 e. The molecule has 0 amide bonds. The summed E-state index contributed by atoms with van der Waals surface area (Å²) in [5, 5.41) is 3.56. The Morgan fingerprint density at radius 3 is 3.19 bits per heavy atom. The SMILES string of the molecule is c1cncc(CC2CCCC3CNCC32)c1. The van der Waals surface area contributed by atoms with E-state index < -0.39 is 0 Å². The van der Waals surface area contributed by atoms with E-state index in [-0.39, 0.29) is 0 Å². The van der Waals surface area contributed by atoms with Crippen LogP contribution in [0, 0.1) is 17.8 Å². The van der Waals surface area contributed by atoms with E-state index in [4.69, 9.17) is 0 Å². The molecule has 2 heterocycles. The summed E-state index contributed by atoms with van der Waals surface area (Å²) in [6.45, 7) is 2.50. The van der Waals surface area contributed by atoms with Gasteiger partial charge < -0.3 is 5.32 Å². The number of fused-ring (bicyclic) bond motifs is 1. The lowest BCUT2D eigenvalue weighted by molar-refractivity contribution is 0.198. The Bertz CT molecular complexity index is 336. The van der Waals surface area contributed by atoms with Crippen LogP contribution >= 0.6 is 0 Å². The van der Waals surface area contributed by atoms with Gasteiger partial charge in [-0.05, 0) is 61.7 Å². The summed E-state index contributed by atoms with van der Waals surface area (Å²) in [6, 6.07) is 4.28. The highest BCUT2D eigenvalue weighted by atomic mass is 14.9. The van der Waals surface area contributed by atoms with Crippen molar-refractivity contribution in [1.29, 1.82) is 0 Å². The lowest BCUT2D eigenvalue weighted by Gasteiger charge is -2.33. The first kappa shape index (κ1) is 10.3. The Balaban J connectivity index is 1.70. The molecule has 0 spiro atoms. The van der Waals surface area contributed by atoms with E-state index in [0.29, 0.717) is 0 Å². The largest absolute Gasteiger partial charge is 0.316 e. The summed E-state index contributed by atoms with van der Waals surface area (Å²) >= 11 is 0. The van der Waals surface area contributed by atoms with Crippen molar-refractivity contribution in [3.05, 3.63) is 30.1 Å². The van der Waals surface area contributed by atoms with Gasteiger partial charge in [-0.15, -0.1) is 0 Å². The van der Waals surface area contributed by atoms with Crippen LogP contribution in [0.2, 0.25) is 0 Å². The van der Waals surface area contributed by atoms with E-state index >= 15 is 0 Å². The molecule has 1 N–H and O–H groups in total. The summed E-state index contributed by atoms with van der Waals surface area (Å²) < 4.78 is 0. The second-order valence-electron chi connectivity index (χ2n) is 5.34. The van der Waals surface area contributed by atoms with Gasteiger partial charge >= 0.3 is 0 Å². The first-order chi connectivity index (χ1) is 7.93. The van der Waals surface area contributed by atoms with E-state index in [9.17, 15) is 0 Å². The van der Waals surface area contributed by atoms with E-state index in [1.165, 1.54) is 44.3 Å². The molecule has 3 atom stereocenters. The van der Waals surface area contributed by atoms with Crippen LogP contribution in [-0.2, 0) is 6.42 Å². The lowest BCUT2D eigenvalue weighted by Crippen LogP contribution is -2.28. The van der Waals surface area contributed by atoms with Crippen molar-refractivity contribution in [3.8, 4) is 0 Å². The maximum absolute atomic E-state index is 4.22. The van der Waals surface area contributed by atoms with Gasteiger partial charge in [0.15, 0.2) is 0 Å². The van der Waals surface area contributed by atoms with Crippen molar-refractivity contribution in [2.45, 2.75) is 25.7 Å². The fourth-order valence-electron chi connectivity index (χ4n) is 3.55. The number of nitrogens with one attached hydrogen (secondary N) is 1. The predicted molar refractivity (Wildman–Crippen MR) is 65.1 cm³/mol. The second kappa shape index (κ2) is 4.54. The summed E-state index contributed by atoms with van der Waals surface area (Å²) in [5.41, 5.74) is 1.42. The number of nitrogens with zero attached hydrogens (tertiary/aromatic N) is 1. The van der Waals surface area contributed by atoms with Crippen molar-refractivity contribution >= 4 is 0 Å². The minimum atomic E-state index is 0.887. The van der Waals surface area contributed by atoms with Crippen LogP contribution in [0.1, 0.15) is 24.8 Å². The Morgan fingerprint density at radius 1 is 1.31 bits per heavy atom. The van der Waals surface area contributed by atoms with Gasteiger partial charge in [0.05, 0.1) is 0 Å². The highest BCUT2D eigenvalue weighted by Crippen LogP contribution is 2.38. The summed E-state index contributed by atoms with van der Waals surface area (Å²) in [5.74, 6) is 2.77. The highest BCUT2D eigenvalue weighted by molar-refractivity contribution is 5.10. The zero-order chi connectivity index (χ0) is 10.8. The van der Waals surface area contributed by atoms with Crippen molar-refractivity contribution in [3.63, 3.8) is 0 Å². The van der Waals surface area contributed by atoms with Gasteiger partial charge in [0.1, 0.15) is 0 Å². The number of aromatic nitrogens is 1. The Labute approximate surface area is 97.5 Å². The molecule has 1 aromatic heterocycles. The fourth-order valence-corrected chi connectivity index (χ4v) is 3.55. The molecule has 0 radical (unpaired) electrons. The maximum atomic E-state index is 4.22. The van der Waals surface area contributed by atoms with Gasteiger partial charge in [0.25, 0.3) is 0 Å². The zero-order valence-electron chi connectivity index (χ0n) is 9.73. The Hall–Kier alpha value is -0.890.